The lowest BCUT2D eigenvalue weighted by atomic mass is 9.96. The van der Waals surface area contributed by atoms with Gasteiger partial charge in [-0.1, -0.05) is 12.1 Å². The normalized spacial score (nSPS) is 18.1. The van der Waals surface area contributed by atoms with Crippen LogP contribution in [0.25, 0.3) is 5.69 Å². The number of thiocarbonyl (C=S) groups is 1. The number of nitrogens with one attached hydrogen (secondary N) is 1. The van der Waals surface area contributed by atoms with E-state index < -0.39 is 0 Å². The molecule has 1 aliphatic rings. The molecule has 1 saturated heterocycles. The number of ether oxygens (including phenoxy) is 1. The highest BCUT2D eigenvalue weighted by atomic mass is 32.1. The summed E-state index contributed by atoms with van der Waals surface area (Å²) in [5.74, 6) is 0.849. The van der Waals surface area contributed by atoms with E-state index in [9.17, 15) is 0 Å². The minimum Gasteiger partial charge on any atom is -0.497 e. The average Bonchev–Trinajstić information content (AvgIpc) is 3.29. The molecule has 0 saturated carbocycles. The first-order chi connectivity index (χ1) is 15.9. The Hall–Kier alpha value is -2.90. The van der Waals surface area contributed by atoms with Gasteiger partial charge in [-0.25, -0.2) is 0 Å². The SMILES string of the molecule is COc1cccc(-n2c(C)cc([C@H]3[C@H](c4ccccn4)NC(=S)N3CCCN(C)C)c2C)c1. The van der Waals surface area contributed by atoms with Crippen molar-refractivity contribution >= 4 is 17.3 Å². The Bertz CT molecular complexity index is 1110. The number of hydrogen-bond acceptors (Lipinski definition) is 4. The molecule has 0 aliphatic carbocycles. The van der Waals surface area contributed by atoms with E-state index in [0.29, 0.717) is 0 Å². The van der Waals surface area contributed by atoms with Crippen molar-refractivity contribution in [3.63, 3.8) is 0 Å². The van der Waals surface area contributed by atoms with Crippen LogP contribution in [0, 0.1) is 13.8 Å². The zero-order chi connectivity index (χ0) is 23.5. The molecule has 1 fully saturated rings. The van der Waals surface area contributed by atoms with E-state index >= 15 is 0 Å². The molecule has 3 heterocycles. The van der Waals surface area contributed by atoms with Crippen LogP contribution in [0.4, 0.5) is 0 Å². The van der Waals surface area contributed by atoms with Gasteiger partial charge in [0.2, 0.25) is 0 Å². The molecule has 4 rings (SSSR count). The van der Waals surface area contributed by atoms with Crippen molar-refractivity contribution in [2.24, 2.45) is 0 Å². The molecular formula is C26H33N5OS. The van der Waals surface area contributed by atoms with E-state index in [0.717, 1.165) is 41.8 Å². The van der Waals surface area contributed by atoms with Gasteiger partial charge in [0.05, 0.1) is 24.9 Å². The van der Waals surface area contributed by atoms with Crippen LogP contribution in [0.3, 0.4) is 0 Å². The third-order valence-corrected chi connectivity index (χ3v) is 6.65. The zero-order valence-electron chi connectivity index (χ0n) is 20.1. The molecule has 33 heavy (non-hydrogen) atoms. The molecule has 0 unspecified atom stereocenters. The number of methoxy groups -OCH3 is 1. The Labute approximate surface area is 202 Å². The Morgan fingerprint density at radius 1 is 1.12 bits per heavy atom. The summed E-state index contributed by atoms with van der Waals surface area (Å²) < 4.78 is 7.77. The molecule has 1 N–H and O–H groups in total. The number of nitrogens with zero attached hydrogens (tertiary/aromatic N) is 4. The number of hydrogen-bond donors (Lipinski definition) is 1. The highest BCUT2D eigenvalue weighted by Gasteiger charge is 2.41. The van der Waals surface area contributed by atoms with Crippen molar-refractivity contribution in [2.45, 2.75) is 32.4 Å². The summed E-state index contributed by atoms with van der Waals surface area (Å²) in [5, 5.41) is 4.37. The molecule has 6 nitrogen and oxygen atoms in total. The van der Waals surface area contributed by atoms with Gasteiger partial charge in [0, 0.05) is 35.9 Å². The molecule has 0 radical (unpaired) electrons. The minimum atomic E-state index is -0.00249. The van der Waals surface area contributed by atoms with E-state index in [1.807, 2.05) is 30.5 Å². The van der Waals surface area contributed by atoms with Crippen molar-refractivity contribution in [2.75, 3.05) is 34.3 Å². The summed E-state index contributed by atoms with van der Waals surface area (Å²) >= 11 is 5.83. The first-order valence-corrected chi connectivity index (χ1v) is 11.8. The predicted molar refractivity (Wildman–Crippen MR) is 137 cm³/mol. The fourth-order valence-corrected chi connectivity index (χ4v) is 5.11. The lowest BCUT2D eigenvalue weighted by Gasteiger charge is -2.28. The first-order valence-electron chi connectivity index (χ1n) is 11.4. The monoisotopic (exact) mass is 463 g/mol. The van der Waals surface area contributed by atoms with E-state index in [4.69, 9.17) is 17.0 Å². The number of pyridine rings is 1. The van der Waals surface area contributed by atoms with Crippen molar-refractivity contribution in [1.29, 1.82) is 0 Å². The second kappa shape index (κ2) is 9.93. The molecular weight excluding hydrogens is 430 g/mol. The maximum absolute atomic E-state index is 5.83. The summed E-state index contributed by atoms with van der Waals surface area (Å²) in [6.07, 6.45) is 2.89. The third kappa shape index (κ3) is 4.75. The van der Waals surface area contributed by atoms with Gasteiger partial charge in [0.1, 0.15) is 5.75 Å². The third-order valence-electron chi connectivity index (χ3n) is 6.30. The van der Waals surface area contributed by atoms with Gasteiger partial charge >= 0.3 is 0 Å². The lowest BCUT2D eigenvalue weighted by Crippen LogP contribution is -2.32. The van der Waals surface area contributed by atoms with Crippen LogP contribution in [-0.2, 0) is 0 Å². The highest BCUT2D eigenvalue weighted by molar-refractivity contribution is 7.80. The van der Waals surface area contributed by atoms with Gasteiger partial charge in [-0.2, -0.15) is 0 Å². The molecule has 1 aliphatic heterocycles. The summed E-state index contributed by atoms with van der Waals surface area (Å²) in [6.45, 7) is 6.25. The Balaban J connectivity index is 1.77. The first kappa shape index (κ1) is 23.3. The van der Waals surface area contributed by atoms with Crippen molar-refractivity contribution in [3.05, 3.63) is 77.4 Å². The van der Waals surface area contributed by atoms with Crippen LogP contribution in [-0.4, -0.2) is 58.8 Å². The average molecular weight is 464 g/mol. The van der Waals surface area contributed by atoms with Crippen LogP contribution in [0.15, 0.2) is 54.7 Å². The summed E-state index contributed by atoms with van der Waals surface area (Å²) in [6, 6.07) is 16.6. The molecule has 0 spiro atoms. The fourth-order valence-electron chi connectivity index (χ4n) is 4.78. The molecule has 1 aromatic carbocycles. The second-order valence-electron chi connectivity index (χ2n) is 8.84. The molecule has 2 atom stereocenters. The van der Waals surface area contributed by atoms with Gasteiger partial charge in [0.25, 0.3) is 0 Å². The lowest BCUT2D eigenvalue weighted by molar-refractivity contribution is 0.292. The highest BCUT2D eigenvalue weighted by Crippen LogP contribution is 2.41. The fraction of sp³-hybridized carbons (Fsp3) is 0.385. The summed E-state index contributed by atoms with van der Waals surface area (Å²) in [7, 11) is 5.92. The van der Waals surface area contributed by atoms with Crippen LogP contribution < -0.4 is 10.1 Å². The number of benzene rings is 1. The molecule has 2 aromatic heterocycles. The Morgan fingerprint density at radius 3 is 2.64 bits per heavy atom. The van der Waals surface area contributed by atoms with Crippen LogP contribution in [0.1, 0.15) is 41.1 Å². The van der Waals surface area contributed by atoms with E-state index in [2.05, 4.69) is 76.9 Å². The van der Waals surface area contributed by atoms with Gasteiger partial charge < -0.3 is 24.4 Å². The zero-order valence-corrected chi connectivity index (χ0v) is 20.9. The Morgan fingerprint density at radius 2 is 1.94 bits per heavy atom. The Kier molecular flexibility index (Phi) is 7.00. The number of aromatic nitrogens is 2. The standard InChI is InChI=1S/C26H33N5OS/c1-18-16-22(19(2)31(18)20-10-8-11-21(17-20)32-5)25-24(23-12-6-7-13-27-23)28-26(33)30(25)15-9-14-29(3)4/h6-8,10-13,16-17,24-25H,9,14-15H2,1-5H3,(H,28,33)/t24-,25-/m0/s1. The maximum Gasteiger partial charge on any atom is 0.170 e. The predicted octanol–water partition coefficient (Wildman–Crippen LogP) is 4.42. The quantitative estimate of drug-likeness (QED) is 0.499. The van der Waals surface area contributed by atoms with Crippen molar-refractivity contribution in [3.8, 4) is 11.4 Å². The summed E-state index contributed by atoms with van der Waals surface area (Å²) in [4.78, 5) is 9.23. The van der Waals surface area contributed by atoms with Crippen molar-refractivity contribution in [1.82, 2.24) is 24.7 Å². The van der Waals surface area contributed by atoms with Crippen molar-refractivity contribution < 1.29 is 4.74 Å². The number of aryl methyl sites for hydroxylation is 1. The van der Waals surface area contributed by atoms with Gasteiger partial charge in [-0.15, -0.1) is 0 Å². The topological polar surface area (TPSA) is 45.6 Å². The van der Waals surface area contributed by atoms with Crippen LogP contribution in [0.5, 0.6) is 5.75 Å². The van der Waals surface area contributed by atoms with E-state index in [1.165, 1.54) is 17.0 Å². The van der Waals surface area contributed by atoms with Crippen LogP contribution in [0.2, 0.25) is 0 Å². The van der Waals surface area contributed by atoms with E-state index in [1.54, 1.807) is 7.11 Å². The van der Waals surface area contributed by atoms with Gasteiger partial charge in [-0.3, -0.25) is 4.98 Å². The molecule has 7 heteroatoms. The van der Waals surface area contributed by atoms with E-state index in [-0.39, 0.29) is 12.1 Å². The smallest absolute Gasteiger partial charge is 0.170 e. The van der Waals surface area contributed by atoms with Crippen LogP contribution >= 0.6 is 12.2 Å². The minimum absolute atomic E-state index is 0.00249. The second-order valence-corrected chi connectivity index (χ2v) is 9.23. The summed E-state index contributed by atoms with van der Waals surface area (Å²) in [5.41, 5.74) is 5.75. The van der Waals surface area contributed by atoms with Gasteiger partial charge in [-0.05, 0) is 89.0 Å². The largest absolute Gasteiger partial charge is 0.497 e. The molecule has 0 amide bonds. The van der Waals surface area contributed by atoms with Gasteiger partial charge in [0.15, 0.2) is 5.11 Å². The molecule has 174 valence electrons. The molecule has 3 aromatic rings. The molecule has 0 bridgehead atoms. The number of rotatable bonds is 8. The maximum atomic E-state index is 5.83.